The van der Waals surface area contributed by atoms with E-state index in [1.54, 1.807) is 26.0 Å². The van der Waals surface area contributed by atoms with E-state index in [-0.39, 0.29) is 5.82 Å². The van der Waals surface area contributed by atoms with E-state index in [9.17, 15) is 9.50 Å². The van der Waals surface area contributed by atoms with Crippen molar-refractivity contribution in [2.24, 2.45) is 0 Å². The number of hydrogen-bond donors (Lipinski definition) is 1. The maximum atomic E-state index is 13.3. The third-order valence-electron chi connectivity index (χ3n) is 2.41. The number of aryl methyl sites for hydroxylation is 2. The molecule has 0 fully saturated rings. The summed E-state index contributed by atoms with van der Waals surface area (Å²) in [6.07, 6.45) is 1.19. The van der Waals surface area contributed by atoms with Gasteiger partial charge in [-0.05, 0) is 37.0 Å². The quantitative estimate of drug-likeness (QED) is 0.786. The highest BCUT2D eigenvalue weighted by atomic mass is 19.1. The average Bonchev–Trinajstić information content (AvgIpc) is 2.13. The van der Waals surface area contributed by atoms with Crippen LogP contribution in [0.15, 0.2) is 12.1 Å². The van der Waals surface area contributed by atoms with E-state index in [0.29, 0.717) is 11.1 Å². The molecule has 0 aliphatic rings. The minimum absolute atomic E-state index is 0.169. The monoisotopic (exact) mass is 196 g/mol. The Balaban J connectivity index is 3.00. The molecule has 0 heterocycles. The summed E-state index contributed by atoms with van der Waals surface area (Å²) in [4.78, 5) is 0. The lowest BCUT2D eigenvalue weighted by molar-refractivity contribution is 0.166. The van der Waals surface area contributed by atoms with Gasteiger partial charge in [0.15, 0.2) is 0 Å². The van der Waals surface area contributed by atoms with Crippen molar-refractivity contribution in [2.45, 2.75) is 39.7 Å². The minimum atomic E-state index is -0.460. The average molecular weight is 196 g/mol. The first-order valence-corrected chi connectivity index (χ1v) is 5.01. The maximum Gasteiger partial charge on any atom is 0.129 e. The second kappa shape index (κ2) is 4.56. The molecule has 0 radical (unpaired) electrons. The Morgan fingerprint density at radius 1 is 1.29 bits per heavy atom. The topological polar surface area (TPSA) is 20.2 Å². The van der Waals surface area contributed by atoms with E-state index >= 15 is 0 Å². The van der Waals surface area contributed by atoms with Gasteiger partial charge >= 0.3 is 0 Å². The molecule has 1 nitrogen and oxygen atoms in total. The molecule has 0 unspecified atom stereocenters. The second-order valence-corrected chi connectivity index (χ2v) is 3.77. The van der Waals surface area contributed by atoms with Crippen LogP contribution in [0.4, 0.5) is 4.39 Å². The molecule has 1 rings (SSSR count). The van der Waals surface area contributed by atoms with Gasteiger partial charge in [0.05, 0.1) is 6.10 Å². The van der Waals surface area contributed by atoms with Crippen LogP contribution in [-0.4, -0.2) is 5.11 Å². The molecular weight excluding hydrogens is 179 g/mol. The summed E-state index contributed by atoms with van der Waals surface area (Å²) >= 11 is 0. The largest absolute Gasteiger partial charge is 0.388 e. The van der Waals surface area contributed by atoms with E-state index in [0.717, 1.165) is 18.4 Å². The van der Waals surface area contributed by atoms with E-state index in [2.05, 4.69) is 0 Å². The molecule has 14 heavy (non-hydrogen) atoms. The first-order chi connectivity index (χ1) is 6.56. The second-order valence-electron chi connectivity index (χ2n) is 3.77. The Morgan fingerprint density at radius 3 is 2.21 bits per heavy atom. The lowest BCUT2D eigenvalue weighted by Crippen LogP contribution is -2.00. The fourth-order valence-electron chi connectivity index (χ4n) is 1.61. The van der Waals surface area contributed by atoms with Gasteiger partial charge in [-0.2, -0.15) is 0 Å². The molecular formula is C12H17FO. The molecule has 1 aromatic rings. The molecule has 78 valence electrons. The Bertz CT molecular complexity index is 297. The van der Waals surface area contributed by atoms with Gasteiger partial charge in [0.2, 0.25) is 0 Å². The van der Waals surface area contributed by atoms with Crippen molar-refractivity contribution in [3.63, 3.8) is 0 Å². The van der Waals surface area contributed by atoms with Gasteiger partial charge in [-0.3, -0.25) is 0 Å². The van der Waals surface area contributed by atoms with Crippen LogP contribution in [-0.2, 0) is 0 Å². The first kappa shape index (κ1) is 11.2. The number of rotatable bonds is 3. The number of aliphatic hydroxyl groups excluding tert-OH is 1. The third-order valence-corrected chi connectivity index (χ3v) is 2.41. The van der Waals surface area contributed by atoms with Crippen LogP contribution < -0.4 is 0 Å². The fourth-order valence-corrected chi connectivity index (χ4v) is 1.61. The summed E-state index contributed by atoms with van der Waals surface area (Å²) < 4.78 is 13.3. The van der Waals surface area contributed by atoms with Gasteiger partial charge in [-0.1, -0.05) is 25.5 Å². The SMILES string of the molecule is CCC[C@H](O)c1cc(C)c(F)c(C)c1. The molecule has 1 atom stereocenters. The molecule has 0 saturated heterocycles. The van der Waals surface area contributed by atoms with Crippen molar-refractivity contribution in [3.8, 4) is 0 Å². The van der Waals surface area contributed by atoms with Gasteiger partial charge in [-0.25, -0.2) is 4.39 Å². The Hall–Kier alpha value is -0.890. The predicted octanol–water partition coefficient (Wildman–Crippen LogP) is 3.28. The van der Waals surface area contributed by atoms with Crippen molar-refractivity contribution < 1.29 is 9.50 Å². The summed E-state index contributed by atoms with van der Waals surface area (Å²) in [6.45, 7) is 5.47. The van der Waals surface area contributed by atoms with Gasteiger partial charge in [0, 0.05) is 0 Å². The summed E-state index contributed by atoms with van der Waals surface area (Å²) in [6, 6.07) is 3.45. The van der Waals surface area contributed by atoms with Crippen molar-refractivity contribution in [3.05, 3.63) is 34.6 Å². The standard InChI is InChI=1S/C12H17FO/c1-4-5-11(14)10-6-8(2)12(13)9(3)7-10/h6-7,11,14H,4-5H2,1-3H3/t11-/m0/s1. The molecule has 0 saturated carbocycles. The van der Waals surface area contributed by atoms with Gasteiger partial charge in [-0.15, -0.1) is 0 Å². The van der Waals surface area contributed by atoms with Crippen molar-refractivity contribution in [1.82, 2.24) is 0 Å². The summed E-state index contributed by atoms with van der Waals surface area (Å²) in [5.41, 5.74) is 2.04. The van der Waals surface area contributed by atoms with Crippen LogP contribution in [0.25, 0.3) is 0 Å². The summed E-state index contributed by atoms with van der Waals surface area (Å²) in [5.74, 6) is -0.169. The van der Waals surface area contributed by atoms with Crippen molar-refractivity contribution in [2.75, 3.05) is 0 Å². The highest BCUT2D eigenvalue weighted by molar-refractivity contribution is 5.31. The van der Waals surface area contributed by atoms with Gasteiger partial charge < -0.3 is 5.11 Å². The normalized spacial score (nSPS) is 12.9. The lowest BCUT2D eigenvalue weighted by Gasteiger charge is -2.12. The van der Waals surface area contributed by atoms with Crippen LogP contribution >= 0.6 is 0 Å². The molecule has 1 N–H and O–H groups in total. The first-order valence-electron chi connectivity index (χ1n) is 5.01. The molecule has 2 heteroatoms. The summed E-state index contributed by atoms with van der Waals surface area (Å²) in [7, 11) is 0. The zero-order valence-corrected chi connectivity index (χ0v) is 8.97. The maximum absolute atomic E-state index is 13.3. The number of aliphatic hydroxyl groups is 1. The molecule has 1 aromatic carbocycles. The van der Waals surface area contributed by atoms with E-state index in [4.69, 9.17) is 0 Å². The molecule has 0 aromatic heterocycles. The zero-order valence-electron chi connectivity index (χ0n) is 8.97. The van der Waals surface area contributed by atoms with E-state index in [1.165, 1.54) is 0 Å². The van der Waals surface area contributed by atoms with Crippen LogP contribution in [0, 0.1) is 19.7 Å². The zero-order chi connectivity index (χ0) is 10.7. The molecule has 0 aliphatic carbocycles. The molecule has 0 aliphatic heterocycles. The van der Waals surface area contributed by atoms with Crippen molar-refractivity contribution in [1.29, 1.82) is 0 Å². The van der Waals surface area contributed by atoms with Crippen LogP contribution in [0.5, 0.6) is 0 Å². The van der Waals surface area contributed by atoms with Crippen LogP contribution in [0.1, 0.15) is 42.6 Å². The Morgan fingerprint density at radius 2 is 1.79 bits per heavy atom. The third kappa shape index (κ3) is 2.32. The van der Waals surface area contributed by atoms with Crippen LogP contribution in [0.2, 0.25) is 0 Å². The van der Waals surface area contributed by atoms with E-state index < -0.39 is 6.10 Å². The molecule has 0 amide bonds. The summed E-state index contributed by atoms with van der Waals surface area (Å²) in [5, 5.41) is 9.74. The van der Waals surface area contributed by atoms with Crippen molar-refractivity contribution >= 4 is 0 Å². The number of hydrogen-bond acceptors (Lipinski definition) is 1. The Labute approximate surface area is 84.6 Å². The van der Waals surface area contributed by atoms with Gasteiger partial charge in [0.25, 0.3) is 0 Å². The molecule has 0 bridgehead atoms. The Kier molecular flexibility index (Phi) is 3.64. The van der Waals surface area contributed by atoms with Crippen LogP contribution in [0.3, 0.4) is 0 Å². The fraction of sp³-hybridized carbons (Fsp3) is 0.500. The van der Waals surface area contributed by atoms with Gasteiger partial charge in [0.1, 0.15) is 5.82 Å². The number of halogens is 1. The van der Waals surface area contributed by atoms with E-state index in [1.807, 2.05) is 6.92 Å². The predicted molar refractivity (Wildman–Crippen MR) is 55.7 cm³/mol. The highest BCUT2D eigenvalue weighted by Crippen LogP contribution is 2.22. The lowest BCUT2D eigenvalue weighted by atomic mass is 10.00. The smallest absolute Gasteiger partial charge is 0.129 e. The molecule has 0 spiro atoms. The number of benzene rings is 1. The minimum Gasteiger partial charge on any atom is -0.388 e. The highest BCUT2D eigenvalue weighted by Gasteiger charge is 2.10.